The first-order chi connectivity index (χ1) is 13.5. The average molecular weight is 405 g/mol. The summed E-state index contributed by atoms with van der Waals surface area (Å²) in [7, 11) is 0. The van der Waals surface area contributed by atoms with Crippen LogP contribution in [0.2, 0.25) is 0 Å². The van der Waals surface area contributed by atoms with Crippen molar-refractivity contribution in [2.75, 3.05) is 6.61 Å². The fourth-order valence-corrected chi connectivity index (χ4v) is 3.98. The minimum absolute atomic E-state index is 0.0310. The first-order valence-corrected chi connectivity index (χ1v) is 11.3. The Kier molecular flexibility index (Phi) is 10.3. The van der Waals surface area contributed by atoms with E-state index in [0.29, 0.717) is 11.2 Å². The second kappa shape index (κ2) is 12.8. The Labute approximate surface area is 175 Å². The van der Waals surface area contributed by atoms with Gasteiger partial charge in [-0.15, -0.1) is 0 Å². The second-order valence-electron chi connectivity index (χ2n) is 8.04. The number of hydrogen-bond acceptors (Lipinski definition) is 3. The van der Waals surface area contributed by atoms with Crippen molar-refractivity contribution in [1.82, 2.24) is 10.6 Å². The van der Waals surface area contributed by atoms with Crippen molar-refractivity contribution in [3.05, 3.63) is 29.3 Å². The minimum Gasteiger partial charge on any atom is -0.483 e. The maximum absolute atomic E-state index is 12.2. The number of nitrogens with one attached hydrogen (secondary N) is 2. The maximum Gasteiger partial charge on any atom is 0.264 e. The molecule has 1 aromatic rings. The normalized spacial score (nSPS) is 17.1. The lowest BCUT2D eigenvalue weighted by Crippen LogP contribution is -2.45. The van der Waals surface area contributed by atoms with E-state index in [4.69, 9.17) is 17.0 Å². The summed E-state index contributed by atoms with van der Waals surface area (Å²) in [5, 5.41) is 6.56. The Hall–Kier alpha value is -1.62. The van der Waals surface area contributed by atoms with Gasteiger partial charge in [-0.25, -0.2) is 0 Å². The van der Waals surface area contributed by atoms with E-state index < -0.39 is 0 Å². The van der Waals surface area contributed by atoms with Crippen molar-refractivity contribution in [2.24, 2.45) is 0 Å². The van der Waals surface area contributed by atoms with Crippen LogP contribution in [-0.4, -0.2) is 23.7 Å². The number of benzene rings is 1. The molecular weight excluding hydrogens is 368 g/mol. The van der Waals surface area contributed by atoms with E-state index >= 15 is 0 Å². The first-order valence-electron chi connectivity index (χ1n) is 10.8. The molecule has 4 nitrogen and oxygen atoms in total. The molecule has 2 N–H and O–H groups in total. The number of aryl methyl sites for hydroxylation is 2. The molecule has 1 aliphatic carbocycles. The highest BCUT2D eigenvalue weighted by Gasteiger charge is 2.13. The van der Waals surface area contributed by atoms with Crippen LogP contribution in [0.1, 0.15) is 81.8 Å². The van der Waals surface area contributed by atoms with Crippen molar-refractivity contribution >= 4 is 23.2 Å². The van der Waals surface area contributed by atoms with Crippen LogP contribution < -0.4 is 15.4 Å². The number of hydrogen-bond donors (Lipinski definition) is 2. The summed E-state index contributed by atoms with van der Waals surface area (Å²) < 4.78 is 5.66. The van der Waals surface area contributed by atoms with E-state index in [2.05, 4.69) is 10.6 Å². The molecule has 0 atom stereocenters. The van der Waals surface area contributed by atoms with Crippen molar-refractivity contribution in [3.63, 3.8) is 0 Å². The van der Waals surface area contributed by atoms with Crippen LogP contribution in [-0.2, 0) is 4.79 Å². The lowest BCUT2D eigenvalue weighted by molar-refractivity contribution is -0.121. The van der Waals surface area contributed by atoms with Gasteiger partial charge in [0.05, 0.1) is 0 Å². The Morgan fingerprint density at radius 1 is 1.00 bits per heavy atom. The number of ether oxygens (including phenoxy) is 1. The van der Waals surface area contributed by atoms with E-state index in [1.807, 2.05) is 32.0 Å². The molecule has 28 heavy (non-hydrogen) atoms. The van der Waals surface area contributed by atoms with Gasteiger partial charge in [-0.05, 0) is 56.1 Å². The lowest BCUT2D eigenvalue weighted by Gasteiger charge is -2.21. The molecular formula is C23H36N2O2S. The van der Waals surface area contributed by atoms with Crippen molar-refractivity contribution in [1.29, 1.82) is 0 Å². The summed E-state index contributed by atoms with van der Waals surface area (Å²) >= 11 is 5.38. The SMILES string of the molecule is Cc1ccc(C)c(OCC(=O)NC(=S)NC2CCCCCCCCCCC2)c1. The fourth-order valence-electron chi connectivity index (χ4n) is 3.70. The number of thiocarbonyl (C=S) groups is 1. The molecule has 2 rings (SSSR count). The molecule has 0 aliphatic heterocycles. The third-order valence-electron chi connectivity index (χ3n) is 5.40. The molecule has 1 fully saturated rings. The van der Waals surface area contributed by atoms with Gasteiger partial charge in [-0.2, -0.15) is 0 Å². The summed E-state index contributed by atoms with van der Waals surface area (Å²) in [6.45, 7) is 3.95. The molecule has 0 bridgehead atoms. The van der Waals surface area contributed by atoms with Crippen LogP contribution >= 0.6 is 12.2 Å². The third-order valence-corrected chi connectivity index (χ3v) is 5.62. The number of rotatable bonds is 4. The predicted molar refractivity (Wildman–Crippen MR) is 120 cm³/mol. The molecule has 0 saturated heterocycles. The quantitative estimate of drug-likeness (QED) is 0.665. The van der Waals surface area contributed by atoms with Crippen molar-refractivity contribution in [2.45, 2.75) is 90.5 Å². The smallest absolute Gasteiger partial charge is 0.264 e. The second-order valence-corrected chi connectivity index (χ2v) is 8.44. The topological polar surface area (TPSA) is 50.4 Å². The molecule has 0 unspecified atom stereocenters. The van der Waals surface area contributed by atoms with Gasteiger partial charge in [0.1, 0.15) is 5.75 Å². The highest BCUT2D eigenvalue weighted by molar-refractivity contribution is 7.80. The van der Waals surface area contributed by atoms with Crippen molar-refractivity contribution in [3.8, 4) is 5.75 Å². The first kappa shape index (κ1) is 22.7. The van der Waals surface area contributed by atoms with E-state index in [-0.39, 0.29) is 12.5 Å². The molecule has 0 spiro atoms. The van der Waals surface area contributed by atoms with Crippen LogP contribution in [0.25, 0.3) is 0 Å². The Balaban J connectivity index is 1.75. The molecule has 5 heteroatoms. The van der Waals surface area contributed by atoms with Gasteiger partial charge >= 0.3 is 0 Å². The molecule has 1 amide bonds. The summed E-state index contributed by atoms with van der Waals surface area (Å²) in [4.78, 5) is 12.2. The zero-order valence-corrected chi connectivity index (χ0v) is 18.3. The van der Waals surface area contributed by atoms with Gasteiger partial charge in [0.25, 0.3) is 5.91 Å². The Morgan fingerprint density at radius 2 is 1.57 bits per heavy atom. The number of amides is 1. The van der Waals surface area contributed by atoms with Gasteiger partial charge in [0.15, 0.2) is 11.7 Å². The molecule has 1 saturated carbocycles. The average Bonchev–Trinajstić information content (AvgIpc) is 2.64. The zero-order chi connectivity index (χ0) is 20.2. The third kappa shape index (κ3) is 9.05. The van der Waals surface area contributed by atoms with E-state index in [1.165, 1.54) is 57.8 Å². The summed E-state index contributed by atoms with van der Waals surface area (Å²) in [5.41, 5.74) is 2.13. The van der Waals surface area contributed by atoms with Gasteiger partial charge in [0, 0.05) is 6.04 Å². The largest absolute Gasteiger partial charge is 0.483 e. The van der Waals surface area contributed by atoms with E-state index in [1.54, 1.807) is 0 Å². The molecule has 0 heterocycles. The molecule has 1 aromatic carbocycles. The van der Waals surface area contributed by atoms with Crippen LogP contribution in [0, 0.1) is 13.8 Å². The van der Waals surface area contributed by atoms with E-state index in [9.17, 15) is 4.79 Å². The Bertz CT molecular complexity index is 621. The monoisotopic (exact) mass is 404 g/mol. The zero-order valence-electron chi connectivity index (χ0n) is 17.5. The predicted octanol–water partition coefficient (Wildman–Crippen LogP) is 5.35. The highest BCUT2D eigenvalue weighted by atomic mass is 32.1. The van der Waals surface area contributed by atoms with Gasteiger partial charge in [-0.1, -0.05) is 69.9 Å². The molecule has 0 aromatic heterocycles. The lowest BCUT2D eigenvalue weighted by atomic mass is 9.98. The fraction of sp³-hybridized carbons (Fsp3) is 0.652. The van der Waals surface area contributed by atoms with Gasteiger partial charge in [0.2, 0.25) is 0 Å². The standard InChI is InChI=1S/C23H36N2O2S/c1-18-14-15-19(2)21(16-18)27-17-22(26)25-23(28)24-20-12-10-8-6-4-3-5-7-9-11-13-20/h14-16,20H,3-13,17H2,1-2H3,(H2,24,25,26,28). The number of carbonyl (C=O) groups is 1. The summed E-state index contributed by atoms with van der Waals surface area (Å²) in [6.07, 6.45) is 14.1. The molecule has 156 valence electrons. The minimum atomic E-state index is -0.216. The summed E-state index contributed by atoms with van der Waals surface area (Å²) in [6, 6.07) is 6.33. The van der Waals surface area contributed by atoms with Crippen LogP contribution in [0.4, 0.5) is 0 Å². The molecule has 0 radical (unpaired) electrons. The summed E-state index contributed by atoms with van der Waals surface area (Å²) in [5.74, 6) is 0.528. The van der Waals surface area contributed by atoms with Gasteiger partial charge < -0.3 is 15.4 Å². The van der Waals surface area contributed by atoms with E-state index in [0.717, 1.165) is 29.7 Å². The number of carbonyl (C=O) groups excluding carboxylic acids is 1. The Morgan fingerprint density at radius 3 is 2.18 bits per heavy atom. The van der Waals surface area contributed by atoms with Crippen LogP contribution in [0.3, 0.4) is 0 Å². The highest BCUT2D eigenvalue weighted by Crippen LogP contribution is 2.19. The van der Waals surface area contributed by atoms with Crippen molar-refractivity contribution < 1.29 is 9.53 Å². The van der Waals surface area contributed by atoms with Crippen LogP contribution in [0.5, 0.6) is 5.75 Å². The maximum atomic E-state index is 12.2. The van der Waals surface area contributed by atoms with Crippen LogP contribution in [0.15, 0.2) is 18.2 Å². The molecule has 1 aliphatic rings. The van der Waals surface area contributed by atoms with Gasteiger partial charge in [-0.3, -0.25) is 4.79 Å².